The molecule has 1 aliphatic rings. The number of hydrogen-bond acceptors (Lipinski definition) is 5. The maximum atomic E-state index is 12.4. The topological polar surface area (TPSA) is 59.0 Å². The number of benzene rings is 1. The lowest BCUT2D eigenvalue weighted by Gasteiger charge is -2.29. The molecule has 5 nitrogen and oxygen atoms in total. The van der Waals surface area contributed by atoms with Crippen molar-refractivity contribution in [1.29, 1.82) is 0 Å². The molecule has 21 heavy (non-hydrogen) atoms. The predicted molar refractivity (Wildman–Crippen MR) is 79.9 cm³/mol. The summed E-state index contributed by atoms with van der Waals surface area (Å²) in [5.74, 6) is 1.34. The summed E-state index contributed by atoms with van der Waals surface area (Å²) in [5, 5.41) is 9.20. The van der Waals surface area contributed by atoms with Crippen molar-refractivity contribution in [2.45, 2.75) is 32.7 Å². The summed E-state index contributed by atoms with van der Waals surface area (Å²) in [4.78, 5) is 14.5. The summed E-state index contributed by atoms with van der Waals surface area (Å²) in [6, 6.07) is 5.58. The van der Waals surface area contributed by atoms with Crippen molar-refractivity contribution in [1.82, 2.24) is 4.90 Å². The molecule has 1 heterocycles. The maximum Gasteiger partial charge on any atom is 0.231 e. The van der Waals surface area contributed by atoms with Crippen LogP contribution in [0.2, 0.25) is 0 Å². The molecule has 116 valence electrons. The Morgan fingerprint density at radius 3 is 2.67 bits per heavy atom. The molecule has 1 aromatic carbocycles. The first-order chi connectivity index (χ1) is 10.2. The van der Waals surface area contributed by atoms with Crippen molar-refractivity contribution in [2.75, 3.05) is 26.5 Å². The Morgan fingerprint density at radius 1 is 1.29 bits per heavy atom. The summed E-state index contributed by atoms with van der Waals surface area (Å²) in [7, 11) is 0. The number of Topliss-reactive ketones (excluding diaryl/α,β-unsaturated/α-hetero) is 1. The van der Waals surface area contributed by atoms with Gasteiger partial charge < -0.3 is 14.6 Å². The number of ether oxygens (including phenoxy) is 2. The second-order valence-corrected chi connectivity index (χ2v) is 5.16. The van der Waals surface area contributed by atoms with Crippen molar-refractivity contribution >= 4 is 5.78 Å². The van der Waals surface area contributed by atoms with E-state index in [4.69, 9.17) is 9.47 Å². The standard InChI is InChI=1S/C16H23NO4/c1-3-13(4-2)17(7-8-18)10-14(19)12-5-6-15-16(9-12)21-11-20-15/h5-6,9,13,18H,3-4,7-8,10-11H2,1-2H3. The van der Waals surface area contributed by atoms with Gasteiger partial charge in [-0.1, -0.05) is 13.8 Å². The van der Waals surface area contributed by atoms with Crippen LogP contribution in [0.4, 0.5) is 0 Å². The molecule has 5 heteroatoms. The molecule has 1 aromatic rings. The number of ketones is 1. The SMILES string of the molecule is CCC(CC)N(CCO)CC(=O)c1ccc2c(c1)OCO2. The summed E-state index contributed by atoms with van der Waals surface area (Å²) >= 11 is 0. The van der Waals surface area contributed by atoms with E-state index in [9.17, 15) is 9.90 Å². The Bertz CT molecular complexity index is 485. The molecule has 0 saturated carbocycles. The van der Waals surface area contributed by atoms with Crippen LogP contribution in [0.5, 0.6) is 11.5 Å². The second-order valence-electron chi connectivity index (χ2n) is 5.16. The number of hydrogen-bond donors (Lipinski definition) is 1. The van der Waals surface area contributed by atoms with E-state index in [-0.39, 0.29) is 19.2 Å². The Kier molecular flexibility index (Phi) is 5.59. The highest BCUT2D eigenvalue weighted by molar-refractivity contribution is 5.98. The van der Waals surface area contributed by atoms with E-state index in [0.717, 1.165) is 12.8 Å². The first kappa shape index (κ1) is 15.8. The van der Waals surface area contributed by atoms with Gasteiger partial charge in [-0.3, -0.25) is 9.69 Å². The number of fused-ring (bicyclic) bond motifs is 1. The highest BCUT2D eigenvalue weighted by atomic mass is 16.7. The second kappa shape index (κ2) is 7.43. The van der Waals surface area contributed by atoms with Crippen LogP contribution in [0.1, 0.15) is 37.0 Å². The highest BCUT2D eigenvalue weighted by Gasteiger charge is 2.21. The molecule has 0 amide bonds. The van der Waals surface area contributed by atoms with Gasteiger partial charge in [0.2, 0.25) is 6.79 Å². The van der Waals surface area contributed by atoms with E-state index in [0.29, 0.717) is 36.2 Å². The van der Waals surface area contributed by atoms with Gasteiger partial charge in [0, 0.05) is 18.2 Å². The van der Waals surface area contributed by atoms with Crippen LogP contribution in [-0.2, 0) is 0 Å². The number of carbonyl (C=O) groups is 1. The number of rotatable bonds is 8. The average molecular weight is 293 g/mol. The van der Waals surface area contributed by atoms with Crippen molar-refractivity contribution < 1.29 is 19.4 Å². The zero-order valence-electron chi connectivity index (χ0n) is 12.7. The Hall–Kier alpha value is -1.59. The van der Waals surface area contributed by atoms with Crippen LogP contribution in [0.15, 0.2) is 18.2 Å². The van der Waals surface area contributed by atoms with E-state index >= 15 is 0 Å². The van der Waals surface area contributed by atoms with E-state index < -0.39 is 0 Å². The zero-order chi connectivity index (χ0) is 15.2. The summed E-state index contributed by atoms with van der Waals surface area (Å²) in [5.41, 5.74) is 0.619. The lowest BCUT2D eigenvalue weighted by molar-refractivity contribution is 0.0850. The van der Waals surface area contributed by atoms with Crippen LogP contribution < -0.4 is 9.47 Å². The van der Waals surface area contributed by atoms with Gasteiger partial charge in [0.1, 0.15) is 0 Å². The van der Waals surface area contributed by atoms with Crippen LogP contribution in [0.3, 0.4) is 0 Å². The van der Waals surface area contributed by atoms with E-state index in [1.54, 1.807) is 18.2 Å². The highest BCUT2D eigenvalue weighted by Crippen LogP contribution is 2.32. The molecule has 2 rings (SSSR count). The normalized spacial score (nSPS) is 13.2. The minimum Gasteiger partial charge on any atom is -0.454 e. The molecule has 0 radical (unpaired) electrons. The lowest BCUT2D eigenvalue weighted by Crippen LogP contribution is -2.40. The molecule has 0 fully saturated rings. The number of aliphatic hydroxyl groups is 1. The smallest absolute Gasteiger partial charge is 0.231 e. The predicted octanol–water partition coefficient (Wildman–Crippen LogP) is 2.08. The summed E-state index contributed by atoms with van der Waals surface area (Å²) < 4.78 is 10.6. The molecule has 0 spiro atoms. The van der Waals surface area contributed by atoms with Gasteiger partial charge in [0.05, 0.1) is 13.2 Å². The average Bonchev–Trinajstić information content (AvgIpc) is 2.96. The molecule has 0 unspecified atom stereocenters. The van der Waals surface area contributed by atoms with Gasteiger partial charge in [-0.25, -0.2) is 0 Å². The van der Waals surface area contributed by atoms with E-state index in [2.05, 4.69) is 13.8 Å². The van der Waals surface area contributed by atoms with Crippen LogP contribution in [0.25, 0.3) is 0 Å². The first-order valence-electron chi connectivity index (χ1n) is 7.47. The maximum absolute atomic E-state index is 12.4. The van der Waals surface area contributed by atoms with E-state index in [1.807, 2.05) is 4.90 Å². The largest absolute Gasteiger partial charge is 0.454 e. The molecule has 1 N–H and O–H groups in total. The van der Waals surface area contributed by atoms with Crippen molar-refractivity contribution in [3.05, 3.63) is 23.8 Å². The van der Waals surface area contributed by atoms with Gasteiger partial charge in [0.25, 0.3) is 0 Å². The van der Waals surface area contributed by atoms with Gasteiger partial charge in [0.15, 0.2) is 17.3 Å². The summed E-state index contributed by atoms with van der Waals surface area (Å²) in [6.07, 6.45) is 1.93. The van der Waals surface area contributed by atoms with Crippen LogP contribution >= 0.6 is 0 Å². The fourth-order valence-corrected chi connectivity index (χ4v) is 2.67. The van der Waals surface area contributed by atoms with E-state index in [1.165, 1.54) is 0 Å². The van der Waals surface area contributed by atoms with Crippen LogP contribution in [0, 0.1) is 0 Å². The Labute approximate surface area is 125 Å². The molecule has 1 aliphatic heterocycles. The van der Waals surface area contributed by atoms with Crippen molar-refractivity contribution in [2.24, 2.45) is 0 Å². The lowest BCUT2D eigenvalue weighted by atomic mass is 10.1. The number of nitrogens with zero attached hydrogens (tertiary/aromatic N) is 1. The minimum absolute atomic E-state index is 0.0358. The van der Waals surface area contributed by atoms with Gasteiger partial charge >= 0.3 is 0 Å². The van der Waals surface area contributed by atoms with Crippen LogP contribution in [-0.4, -0.2) is 48.3 Å². The van der Waals surface area contributed by atoms with Crippen molar-refractivity contribution in [3.8, 4) is 11.5 Å². The molecular weight excluding hydrogens is 270 g/mol. The van der Waals surface area contributed by atoms with Gasteiger partial charge in [-0.05, 0) is 31.0 Å². The molecule has 0 atom stereocenters. The summed E-state index contributed by atoms with van der Waals surface area (Å²) in [6.45, 7) is 5.30. The van der Waals surface area contributed by atoms with Gasteiger partial charge in [-0.15, -0.1) is 0 Å². The fraction of sp³-hybridized carbons (Fsp3) is 0.562. The number of aliphatic hydroxyl groups excluding tert-OH is 1. The zero-order valence-corrected chi connectivity index (χ0v) is 12.7. The molecule has 0 aromatic heterocycles. The molecular formula is C16H23NO4. The fourth-order valence-electron chi connectivity index (χ4n) is 2.67. The first-order valence-corrected chi connectivity index (χ1v) is 7.47. The minimum atomic E-state index is 0.0358. The Balaban J connectivity index is 2.07. The molecule has 0 bridgehead atoms. The molecule has 0 saturated heterocycles. The quantitative estimate of drug-likeness (QED) is 0.744. The number of carbonyl (C=O) groups excluding carboxylic acids is 1. The monoisotopic (exact) mass is 293 g/mol. The third-order valence-electron chi connectivity index (χ3n) is 3.89. The third-order valence-corrected chi connectivity index (χ3v) is 3.89. The van der Waals surface area contributed by atoms with Crippen molar-refractivity contribution in [3.63, 3.8) is 0 Å². The molecule has 0 aliphatic carbocycles. The Morgan fingerprint density at radius 2 is 2.00 bits per heavy atom. The van der Waals surface area contributed by atoms with Gasteiger partial charge in [-0.2, -0.15) is 0 Å². The third kappa shape index (κ3) is 3.74.